The number of anilines is 3. The van der Waals surface area contributed by atoms with Crippen molar-refractivity contribution in [3.05, 3.63) is 70.6 Å². The summed E-state index contributed by atoms with van der Waals surface area (Å²) in [6.45, 7) is 3.88. The number of amides is 1. The summed E-state index contributed by atoms with van der Waals surface area (Å²) in [6, 6.07) is 11.1. The van der Waals surface area contributed by atoms with Gasteiger partial charge in [-0.3, -0.25) is 4.79 Å². The number of nitrogens with one attached hydrogen (secondary N) is 2. The highest BCUT2D eigenvalue weighted by Gasteiger charge is 2.11. The van der Waals surface area contributed by atoms with E-state index < -0.39 is 0 Å². The molecule has 1 aromatic heterocycles. The molecule has 7 heteroatoms. The van der Waals surface area contributed by atoms with E-state index in [4.69, 9.17) is 16.3 Å². The van der Waals surface area contributed by atoms with Crippen LogP contribution in [0.25, 0.3) is 0 Å². The van der Waals surface area contributed by atoms with Gasteiger partial charge >= 0.3 is 0 Å². The van der Waals surface area contributed by atoms with Crippen LogP contribution >= 0.6 is 11.6 Å². The fourth-order valence-electron chi connectivity index (χ4n) is 2.48. The molecule has 0 aliphatic heterocycles. The molecule has 0 spiro atoms. The monoisotopic (exact) mass is 382 g/mol. The first-order valence-corrected chi connectivity index (χ1v) is 8.65. The molecule has 2 N–H and O–H groups in total. The first-order valence-electron chi connectivity index (χ1n) is 8.27. The van der Waals surface area contributed by atoms with Gasteiger partial charge in [0.2, 0.25) is 0 Å². The fraction of sp³-hybridized carbons (Fsp3) is 0.150. The number of aryl methyl sites for hydroxylation is 2. The number of rotatable bonds is 5. The van der Waals surface area contributed by atoms with Crippen molar-refractivity contribution in [1.29, 1.82) is 0 Å². The smallest absolute Gasteiger partial charge is 0.275 e. The van der Waals surface area contributed by atoms with Crippen molar-refractivity contribution in [2.75, 3.05) is 17.7 Å². The Kier molecular flexibility index (Phi) is 5.57. The SMILES string of the molecule is COc1ccc(C)cc1Nc1cnc(C(=O)Nc2cc(Cl)ccc2C)cn1. The van der Waals surface area contributed by atoms with Crippen LogP contribution in [0.4, 0.5) is 17.2 Å². The van der Waals surface area contributed by atoms with Crippen molar-refractivity contribution in [3.8, 4) is 5.75 Å². The third-order valence-corrected chi connectivity index (χ3v) is 4.19. The van der Waals surface area contributed by atoms with Gasteiger partial charge in [0.15, 0.2) is 0 Å². The zero-order valence-electron chi connectivity index (χ0n) is 15.2. The predicted molar refractivity (Wildman–Crippen MR) is 107 cm³/mol. The molecular formula is C20H19ClN4O2. The zero-order valence-corrected chi connectivity index (χ0v) is 16.0. The lowest BCUT2D eigenvalue weighted by atomic mass is 10.2. The average molecular weight is 383 g/mol. The largest absolute Gasteiger partial charge is 0.495 e. The molecule has 0 bridgehead atoms. The minimum Gasteiger partial charge on any atom is -0.495 e. The van der Waals surface area contributed by atoms with E-state index in [1.807, 2.05) is 38.1 Å². The minimum absolute atomic E-state index is 0.205. The zero-order chi connectivity index (χ0) is 19.4. The van der Waals surface area contributed by atoms with Crippen LogP contribution in [0.15, 0.2) is 48.8 Å². The molecule has 3 aromatic rings. The maximum absolute atomic E-state index is 12.4. The molecular weight excluding hydrogens is 364 g/mol. The standard InChI is InChI=1S/C20H19ClN4O2/c1-12-4-7-18(27-3)16(8-12)24-19-11-22-17(10-23-19)20(26)25-15-9-14(21)6-5-13(15)2/h4-11H,1-3H3,(H,23,24)(H,25,26). The average Bonchev–Trinajstić information content (AvgIpc) is 2.65. The van der Waals surface area contributed by atoms with Gasteiger partial charge in [-0.05, 0) is 49.2 Å². The molecule has 0 fully saturated rings. The van der Waals surface area contributed by atoms with E-state index in [9.17, 15) is 4.79 Å². The molecule has 0 atom stereocenters. The molecule has 0 saturated heterocycles. The molecule has 1 amide bonds. The summed E-state index contributed by atoms with van der Waals surface area (Å²) >= 11 is 5.98. The second-order valence-electron chi connectivity index (χ2n) is 6.03. The highest BCUT2D eigenvalue weighted by atomic mass is 35.5. The third kappa shape index (κ3) is 4.54. The lowest BCUT2D eigenvalue weighted by Crippen LogP contribution is -2.15. The number of aromatic nitrogens is 2. The van der Waals surface area contributed by atoms with Crippen LogP contribution in [0.1, 0.15) is 21.6 Å². The van der Waals surface area contributed by atoms with Gasteiger partial charge in [0, 0.05) is 10.7 Å². The molecule has 0 unspecified atom stereocenters. The fourth-order valence-corrected chi connectivity index (χ4v) is 2.65. The molecule has 0 aliphatic carbocycles. The van der Waals surface area contributed by atoms with Crippen LogP contribution in [-0.4, -0.2) is 23.0 Å². The van der Waals surface area contributed by atoms with Crippen LogP contribution in [0.2, 0.25) is 5.02 Å². The van der Waals surface area contributed by atoms with E-state index in [-0.39, 0.29) is 11.6 Å². The molecule has 138 valence electrons. The molecule has 2 aromatic carbocycles. The Morgan fingerprint density at radius 3 is 2.56 bits per heavy atom. The van der Waals surface area contributed by atoms with Crippen LogP contribution in [0.5, 0.6) is 5.75 Å². The minimum atomic E-state index is -0.354. The maximum atomic E-state index is 12.4. The van der Waals surface area contributed by atoms with E-state index in [2.05, 4.69) is 20.6 Å². The van der Waals surface area contributed by atoms with Crippen LogP contribution in [0.3, 0.4) is 0 Å². The second-order valence-corrected chi connectivity index (χ2v) is 6.47. The number of hydrogen-bond donors (Lipinski definition) is 2. The van der Waals surface area contributed by atoms with Gasteiger partial charge in [-0.2, -0.15) is 0 Å². The van der Waals surface area contributed by atoms with Gasteiger partial charge in [0.1, 0.15) is 17.3 Å². The highest BCUT2D eigenvalue weighted by molar-refractivity contribution is 6.31. The molecule has 0 saturated carbocycles. The second kappa shape index (κ2) is 8.05. The molecule has 27 heavy (non-hydrogen) atoms. The maximum Gasteiger partial charge on any atom is 0.275 e. The Morgan fingerprint density at radius 2 is 1.85 bits per heavy atom. The summed E-state index contributed by atoms with van der Waals surface area (Å²) in [5.74, 6) is 0.850. The van der Waals surface area contributed by atoms with Gasteiger partial charge in [0.25, 0.3) is 5.91 Å². The number of carbonyl (C=O) groups is 1. The summed E-state index contributed by atoms with van der Waals surface area (Å²) < 4.78 is 5.34. The number of carbonyl (C=O) groups excluding carboxylic acids is 1. The van der Waals surface area contributed by atoms with E-state index >= 15 is 0 Å². The molecule has 0 radical (unpaired) electrons. The number of methoxy groups -OCH3 is 1. The summed E-state index contributed by atoms with van der Waals surface area (Å²) in [4.78, 5) is 20.9. The van der Waals surface area contributed by atoms with Gasteiger partial charge in [-0.1, -0.05) is 23.7 Å². The van der Waals surface area contributed by atoms with Crippen molar-refractivity contribution in [2.45, 2.75) is 13.8 Å². The van der Waals surface area contributed by atoms with E-state index in [1.54, 1.807) is 19.2 Å². The van der Waals surface area contributed by atoms with E-state index in [0.717, 1.165) is 16.8 Å². The summed E-state index contributed by atoms with van der Waals surface area (Å²) in [7, 11) is 1.60. The van der Waals surface area contributed by atoms with Crippen LogP contribution in [0, 0.1) is 13.8 Å². The quantitative estimate of drug-likeness (QED) is 0.665. The molecule has 6 nitrogen and oxygen atoms in total. The topological polar surface area (TPSA) is 76.1 Å². The first-order chi connectivity index (χ1) is 13.0. The Morgan fingerprint density at radius 1 is 1.04 bits per heavy atom. The van der Waals surface area contributed by atoms with Crippen molar-refractivity contribution < 1.29 is 9.53 Å². The first kappa shape index (κ1) is 18.7. The van der Waals surface area contributed by atoms with Crippen molar-refractivity contribution in [3.63, 3.8) is 0 Å². The van der Waals surface area contributed by atoms with Gasteiger partial charge in [-0.25, -0.2) is 9.97 Å². The lowest BCUT2D eigenvalue weighted by Gasteiger charge is -2.12. The Balaban J connectivity index is 1.74. The molecule has 0 aliphatic rings. The predicted octanol–water partition coefficient (Wildman–Crippen LogP) is 4.75. The molecule has 1 heterocycles. The Labute approximate surface area is 162 Å². The normalized spacial score (nSPS) is 10.4. The lowest BCUT2D eigenvalue weighted by molar-refractivity contribution is 0.102. The number of nitrogens with zero attached hydrogens (tertiary/aromatic N) is 2. The number of halogens is 1. The van der Waals surface area contributed by atoms with Crippen LogP contribution < -0.4 is 15.4 Å². The Hall–Kier alpha value is -3.12. The van der Waals surface area contributed by atoms with Gasteiger partial charge < -0.3 is 15.4 Å². The van der Waals surface area contributed by atoms with Gasteiger partial charge in [0.05, 0.1) is 25.2 Å². The summed E-state index contributed by atoms with van der Waals surface area (Å²) in [5, 5.41) is 6.49. The van der Waals surface area contributed by atoms with Crippen molar-refractivity contribution in [2.24, 2.45) is 0 Å². The summed E-state index contributed by atoms with van der Waals surface area (Å²) in [6.07, 6.45) is 2.92. The number of benzene rings is 2. The van der Waals surface area contributed by atoms with E-state index in [1.165, 1.54) is 12.4 Å². The number of ether oxygens (including phenoxy) is 1. The van der Waals surface area contributed by atoms with Crippen molar-refractivity contribution >= 4 is 34.7 Å². The number of hydrogen-bond acceptors (Lipinski definition) is 5. The molecule has 3 rings (SSSR count). The van der Waals surface area contributed by atoms with E-state index in [0.29, 0.717) is 22.3 Å². The summed E-state index contributed by atoms with van der Waals surface area (Å²) in [5.41, 5.74) is 3.61. The Bertz CT molecular complexity index is 974. The third-order valence-electron chi connectivity index (χ3n) is 3.95. The van der Waals surface area contributed by atoms with Crippen LogP contribution in [-0.2, 0) is 0 Å². The van der Waals surface area contributed by atoms with Crippen molar-refractivity contribution in [1.82, 2.24) is 9.97 Å². The van der Waals surface area contributed by atoms with Gasteiger partial charge in [-0.15, -0.1) is 0 Å². The highest BCUT2D eigenvalue weighted by Crippen LogP contribution is 2.27.